The van der Waals surface area contributed by atoms with Crippen molar-refractivity contribution in [2.24, 2.45) is 20.5 Å². The molecule has 2 N–H and O–H groups in total. The maximum Gasteiger partial charge on any atom is 1.00 e. The van der Waals surface area contributed by atoms with Gasteiger partial charge < -0.3 is 10.4 Å². The van der Waals surface area contributed by atoms with Crippen LogP contribution >= 0.6 is 0 Å². The fourth-order valence-electron chi connectivity index (χ4n) is 4.12. The van der Waals surface area contributed by atoms with E-state index in [1.165, 1.54) is 0 Å². The Hall–Kier alpha value is -4.71. The summed E-state index contributed by atoms with van der Waals surface area (Å²) >= 11 is 0. The third-order valence-electron chi connectivity index (χ3n) is 6.00. The number of hydrogen-bond donors (Lipinski definition) is 2. The Morgan fingerprint density at radius 1 is 0.528 bits per heavy atom. The molecule has 254 valence electrons. The summed E-state index contributed by atoms with van der Waals surface area (Å²) in [5, 5.41) is 35.0. The smallest absolute Gasteiger partial charge is 0.563 e. The average molecular weight is 752 g/mol. The van der Waals surface area contributed by atoms with E-state index >= 15 is 0 Å². The first-order chi connectivity index (χ1) is 23.9. The second-order valence-electron chi connectivity index (χ2n) is 9.13. The van der Waals surface area contributed by atoms with Crippen LogP contribution in [-0.4, -0.2) is 43.0 Å². The molecule has 0 aliphatic rings. The topological polar surface area (TPSA) is 235 Å². The third kappa shape index (κ3) is 17.1. The molecule has 0 bridgehead atoms. The van der Waals surface area contributed by atoms with Gasteiger partial charge in [0.05, 0.1) is 5.69 Å². The summed E-state index contributed by atoms with van der Waals surface area (Å²) in [7, 11) is -9.33. The molecule has 15 nitrogen and oxygen atoms in total. The molecular weight excluding hydrogens is 731 g/mol. The summed E-state index contributed by atoms with van der Waals surface area (Å²) in [6.45, 7) is 0. The van der Waals surface area contributed by atoms with Crippen LogP contribution in [0.2, 0.25) is 0 Å². The molecule has 0 atom stereocenters. The number of nitrogens with zero attached hydrogens (tertiary/aromatic N) is 4. The number of anilines is 2. The molecule has 0 saturated heterocycles. The van der Waals surface area contributed by atoms with E-state index in [0.29, 0.717) is 16.8 Å². The Bertz CT molecular complexity index is 2430. The van der Waals surface area contributed by atoms with Crippen LogP contribution in [0.15, 0.2) is 130 Å². The fourth-order valence-corrected chi connectivity index (χ4v) is 4.12. The van der Waals surface area contributed by atoms with Crippen molar-refractivity contribution < 1.29 is 99.6 Å². The van der Waals surface area contributed by atoms with Crippen molar-refractivity contribution in [2.45, 2.75) is 0 Å². The molecule has 0 saturated carbocycles. The monoisotopic (exact) mass is 751 g/mol. The van der Waals surface area contributed by atoms with Crippen LogP contribution in [0, 0.1) is 18.2 Å². The number of para-hydroxylation sites is 1. The van der Waals surface area contributed by atoms with E-state index in [1.807, 2.05) is 91.0 Å². The van der Waals surface area contributed by atoms with Gasteiger partial charge in [0.2, 0.25) is 0 Å². The molecule has 6 aromatic carbocycles. The molecule has 0 aliphatic heterocycles. The summed E-state index contributed by atoms with van der Waals surface area (Å²) in [6, 6.07) is 43.1. The second kappa shape index (κ2) is 25.3. The maximum absolute atomic E-state index is 10.9. The summed E-state index contributed by atoms with van der Waals surface area (Å²) < 4.78 is 76.0. The van der Waals surface area contributed by atoms with Crippen molar-refractivity contribution in [2.75, 3.05) is 5.32 Å². The molecular formula is C32H20Li3N5O10S3. The first kappa shape index (κ1) is 48.3. The van der Waals surface area contributed by atoms with Crippen LogP contribution in [0.4, 0.5) is 34.1 Å². The maximum atomic E-state index is 10.9. The van der Waals surface area contributed by atoms with Gasteiger partial charge in [-0.25, -0.2) is 0 Å². The first-order valence-electron chi connectivity index (χ1n) is 13.5. The molecule has 0 amide bonds. The van der Waals surface area contributed by atoms with Crippen molar-refractivity contribution in [3.63, 3.8) is 0 Å². The van der Waals surface area contributed by atoms with Crippen LogP contribution in [0.3, 0.4) is 0 Å². The number of rotatable bonds is 6. The summed E-state index contributed by atoms with van der Waals surface area (Å²) in [4.78, 5) is 0. The second-order valence-corrected chi connectivity index (χ2v) is 10.3. The molecule has 6 rings (SSSR count). The molecule has 21 heteroatoms. The van der Waals surface area contributed by atoms with Crippen LogP contribution in [0.5, 0.6) is 5.75 Å². The Balaban J connectivity index is 0.00000159. The minimum absolute atomic E-state index is 0. The molecule has 0 fully saturated rings. The molecule has 0 aromatic heterocycles. The number of azo groups is 2. The Morgan fingerprint density at radius 3 is 1.68 bits per heavy atom. The number of nitrogens with one attached hydrogen (secondary N) is 1. The third-order valence-corrected chi connectivity index (χ3v) is 6.00. The van der Waals surface area contributed by atoms with Crippen LogP contribution < -0.4 is 61.9 Å². The first-order valence-corrected chi connectivity index (χ1v) is 16.5. The van der Waals surface area contributed by atoms with E-state index in [9.17, 15) is 5.11 Å². The fraction of sp³-hybridized carbons (Fsp3) is 0. The van der Waals surface area contributed by atoms with E-state index in [-0.39, 0.29) is 68.0 Å². The van der Waals surface area contributed by atoms with E-state index in [2.05, 4.69) is 44.0 Å². The molecule has 0 aliphatic carbocycles. The van der Waals surface area contributed by atoms with Crippen molar-refractivity contribution in [3.05, 3.63) is 127 Å². The van der Waals surface area contributed by atoms with Crippen molar-refractivity contribution in [1.82, 2.24) is 0 Å². The predicted octanol–water partition coefficient (Wildman–Crippen LogP) is -2.33. The molecule has 0 heterocycles. The molecule has 0 spiro atoms. The number of hydrogen-bond acceptors (Lipinski definition) is 15. The van der Waals surface area contributed by atoms with E-state index in [4.69, 9.17) is 37.9 Å². The van der Waals surface area contributed by atoms with Gasteiger partial charge in [0, 0.05) is 28.5 Å². The summed E-state index contributed by atoms with van der Waals surface area (Å²) in [6.07, 6.45) is 0. The van der Waals surface area contributed by atoms with Gasteiger partial charge in [0.25, 0.3) is 0 Å². The van der Waals surface area contributed by atoms with Gasteiger partial charge in [-0.3, -0.25) is 0 Å². The molecule has 6 aromatic rings. The minimum Gasteiger partial charge on any atom is -0.563 e. The van der Waals surface area contributed by atoms with Crippen LogP contribution in [0.25, 0.3) is 21.5 Å². The van der Waals surface area contributed by atoms with Gasteiger partial charge in [0.15, 0.2) is 0 Å². The summed E-state index contributed by atoms with van der Waals surface area (Å²) in [5.74, 6) is 0.0284. The summed E-state index contributed by atoms with van der Waals surface area (Å²) in [5.41, 5.74) is 4.24. The van der Waals surface area contributed by atoms with Gasteiger partial charge in [-0.2, -0.15) is 75.1 Å². The standard InChI is InChI=1S/C32H20N5O.3Li.3O3S/c38-32-26-17-16-25(33-23-9-3-1-4-10-23)21-22(26)15-18-31(32)37-36-30-20-19-29(27-13-7-8-14-28(27)30)35-34-24-11-5-2-6-12-24;;;;3*1-4(2)3/h1,3-6,8-17,19-21,33,38H;;;;;;/q-3;3*+1;;;. The quantitative estimate of drug-likeness (QED) is 0.104. The zero-order chi connectivity index (χ0) is 36.5. The largest absolute Gasteiger partial charge is 1.00 e. The predicted molar refractivity (Wildman–Crippen MR) is 180 cm³/mol. The number of phenols is 1. The molecule has 53 heavy (non-hydrogen) atoms. The van der Waals surface area contributed by atoms with E-state index < -0.39 is 31.8 Å². The Morgan fingerprint density at radius 2 is 1.08 bits per heavy atom. The van der Waals surface area contributed by atoms with Gasteiger partial charge in [-0.15, -0.1) is 55.4 Å². The number of benzene rings is 6. The van der Waals surface area contributed by atoms with Crippen molar-refractivity contribution in [1.29, 1.82) is 0 Å². The van der Waals surface area contributed by atoms with E-state index in [0.717, 1.165) is 33.2 Å². The Kier molecular flexibility index (Phi) is 23.1. The van der Waals surface area contributed by atoms with Crippen LogP contribution in [-0.2, 0) is 31.8 Å². The van der Waals surface area contributed by atoms with Gasteiger partial charge in [-0.05, 0) is 36.0 Å². The number of phenolic OH excluding ortho intramolecular Hbond substituents is 1. The number of aromatic hydroxyl groups is 1. The SMILES string of the molecule is O=S(=O)=O.O=S(=O)=O.O=S(=O)=O.Oc1c(N=Nc2ccc(N=Nc3cc[c-]cc3)c3c[c-]ccc23)[c-]cc2cc(Nc3ccccc3)ccc12.[Li+].[Li+].[Li+]. The van der Waals surface area contributed by atoms with Crippen LogP contribution in [0.1, 0.15) is 0 Å². The van der Waals surface area contributed by atoms with E-state index in [1.54, 1.807) is 18.2 Å². The van der Waals surface area contributed by atoms with Crippen molar-refractivity contribution in [3.8, 4) is 5.75 Å². The normalized spacial score (nSPS) is 9.66. The molecule has 0 radical (unpaired) electrons. The van der Waals surface area contributed by atoms with Gasteiger partial charge in [-0.1, -0.05) is 46.5 Å². The Labute approximate surface area is 343 Å². The van der Waals surface area contributed by atoms with Crippen molar-refractivity contribution >= 4 is 87.5 Å². The average Bonchev–Trinajstić information content (AvgIpc) is 3.07. The minimum atomic E-state index is -3.11. The zero-order valence-electron chi connectivity index (χ0n) is 28.0. The van der Waals surface area contributed by atoms with Gasteiger partial charge >= 0.3 is 88.4 Å². The molecule has 0 unspecified atom stereocenters. The van der Waals surface area contributed by atoms with Gasteiger partial charge in [0.1, 0.15) is 0 Å². The zero-order valence-corrected chi connectivity index (χ0v) is 30.5. The number of fused-ring (bicyclic) bond motifs is 2.